The Hall–Kier alpha value is -10.5. The quantitative estimate of drug-likeness (QED) is 0.160. The minimum atomic E-state index is 0.590. The summed E-state index contributed by atoms with van der Waals surface area (Å²) >= 11 is 1.84. The van der Waals surface area contributed by atoms with Gasteiger partial charge in [-0.1, -0.05) is 146 Å². The summed E-state index contributed by atoms with van der Waals surface area (Å²) < 4.78 is 9.67. The van der Waals surface area contributed by atoms with Gasteiger partial charge in [0, 0.05) is 86.1 Å². The Kier molecular flexibility index (Phi) is 9.78. The van der Waals surface area contributed by atoms with Crippen LogP contribution in [-0.2, 0) is 0 Å². The van der Waals surface area contributed by atoms with Crippen LogP contribution in [-0.4, -0.2) is 28.7 Å². The predicted molar refractivity (Wildman–Crippen MR) is 335 cm³/mol. The lowest BCUT2D eigenvalue weighted by Crippen LogP contribution is -2.02. The zero-order valence-electron chi connectivity index (χ0n) is 43.0. The van der Waals surface area contributed by atoms with Crippen molar-refractivity contribution in [1.82, 2.24) is 28.7 Å². The molecule has 12 aromatic carbocycles. The number of rotatable bonds is 7. The zero-order valence-corrected chi connectivity index (χ0v) is 43.8. The fourth-order valence-corrected chi connectivity index (χ4v) is 13.8. The molecule has 0 atom stereocenters. The number of nitrogens with zero attached hydrogens (tertiary/aromatic N) is 6. The molecule has 5 aromatic heterocycles. The highest BCUT2D eigenvalue weighted by molar-refractivity contribution is 7.25. The second-order valence-electron chi connectivity index (χ2n) is 20.8. The van der Waals surface area contributed by atoms with Crippen LogP contribution in [0.5, 0.6) is 0 Å². The first-order chi connectivity index (χ1) is 39.6. The van der Waals surface area contributed by atoms with Gasteiger partial charge in [-0.05, 0) is 138 Å². The van der Waals surface area contributed by atoms with Crippen LogP contribution in [0.2, 0.25) is 0 Å². The highest BCUT2D eigenvalue weighted by Gasteiger charge is 2.22. The van der Waals surface area contributed by atoms with Gasteiger partial charge in [0.05, 0.1) is 38.8 Å². The molecule has 0 radical (unpaired) electrons. The molecule has 6 nitrogen and oxygen atoms in total. The van der Waals surface area contributed by atoms with E-state index in [-0.39, 0.29) is 0 Å². The van der Waals surface area contributed by atoms with Crippen molar-refractivity contribution in [3.05, 3.63) is 267 Å². The first-order valence-corrected chi connectivity index (χ1v) is 27.9. The molecule has 0 bridgehead atoms. The first-order valence-electron chi connectivity index (χ1n) is 27.1. The van der Waals surface area contributed by atoms with Crippen molar-refractivity contribution in [2.75, 3.05) is 0 Å². The lowest BCUT2D eigenvalue weighted by molar-refractivity contribution is 1.07. The summed E-state index contributed by atoms with van der Waals surface area (Å²) in [6.07, 6.45) is 0. The van der Waals surface area contributed by atoms with E-state index in [1.54, 1.807) is 0 Å². The molecule has 0 saturated heterocycles. The lowest BCUT2D eigenvalue weighted by atomic mass is 9.98. The van der Waals surface area contributed by atoms with Gasteiger partial charge in [0.1, 0.15) is 0 Å². The number of para-hydroxylation sites is 5. The molecule has 0 unspecified atom stereocenters. The van der Waals surface area contributed by atoms with Gasteiger partial charge in [-0.3, -0.25) is 0 Å². The van der Waals surface area contributed by atoms with Crippen LogP contribution in [0.4, 0.5) is 0 Å². The summed E-state index contributed by atoms with van der Waals surface area (Å²) in [5.74, 6) is 1.79. The average Bonchev–Trinajstić information content (AvgIpc) is 4.47. The van der Waals surface area contributed by atoms with Crippen LogP contribution in [0.3, 0.4) is 0 Å². The molecule has 0 N–H and O–H groups in total. The molecule has 7 heteroatoms. The molecule has 372 valence electrons. The number of fused-ring (bicyclic) bond motifs is 13. The van der Waals surface area contributed by atoms with Gasteiger partial charge in [-0.25, -0.2) is 15.0 Å². The van der Waals surface area contributed by atoms with Crippen molar-refractivity contribution < 1.29 is 0 Å². The fourth-order valence-electron chi connectivity index (χ4n) is 12.6. The number of hydrogen-bond donors (Lipinski definition) is 0. The molecule has 0 fully saturated rings. The molecule has 17 rings (SSSR count). The maximum Gasteiger partial charge on any atom is 0.164 e. The minimum Gasteiger partial charge on any atom is -0.309 e. The first kappa shape index (κ1) is 44.6. The third-order valence-electron chi connectivity index (χ3n) is 16.3. The number of hydrogen-bond acceptors (Lipinski definition) is 4. The molecule has 0 spiro atoms. The minimum absolute atomic E-state index is 0.590. The van der Waals surface area contributed by atoms with Gasteiger partial charge in [-0.15, -0.1) is 11.3 Å². The van der Waals surface area contributed by atoms with E-state index in [1.165, 1.54) is 41.7 Å². The van der Waals surface area contributed by atoms with Crippen molar-refractivity contribution in [2.45, 2.75) is 0 Å². The van der Waals surface area contributed by atoms with Crippen molar-refractivity contribution in [1.29, 1.82) is 0 Å². The van der Waals surface area contributed by atoms with Crippen molar-refractivity contribution in [3.8, 4) is 62.4 Å². The van der Waals surface area contributed by atoms with Crippen LogP contribution >= 0.6 is 11.3 Å². The molecule has 0 amide bonds. The SMILES string of the molecule is c1ccc(-n2c3ccccc3c3cc(-c4nc(-c5ccc(-n6c7ccccc7c7cc8ccccc8cc76)c(-c6ccc7c(c6)sc6ccccc67)c5)nc(-c5ccc6c(c5)c5ccccc5n6-c5ccccc5)n4)ccc32)cc1. The van der Waals surface area contributed by atoms with E-state index >= 15 is 0 Å². The normalized spacial score (nSPS) is 12.0. The van der Waals surface area contributed by atoms with E-state index < -0.39 is 0 Å². The van der Waals surface area contributed by atoms with E-state index in [2.05, 4.69) is 281 Å². The molecule has 80 heavy (non-hydrogen) atoms. The fraction of sp³-hybridized carbons (Fsp3) is 0. The average molecular weight is 1040 g/mol. The molecule has 0 aliphatic carbocycles. The molecule has 0 aliphatic rings. The Morgan fingerprint density at radius 2 is 0.675 bits per heavy atom. The molecular weight excluding hydrogens is 993 g/mol. The van der Waals surface area contributed by atoms with Crippen LogP contribution < -0.4 is 0 Å². The Bertz CT molecular complexity index is 5200. The topological polar surface area (TPSA) is 53.5 Å². The van der Waals surface area contributed by atoms with E-state index in [0.29, 0.717) is 17.5 Å². The summed E-state index contributed by atoms with van der Waals surface area (Å²) in [6, 6.07) is 96.4. The lowest BCUT2D eigenvalue weighted by Gasteiger charge is -2.17. The monoisotopic (exact) mass is 1040 g/mol. The van der Waals surface area contributed by atoms with E-state index in [1.807, 2.05) is 11.3 Å². The highest BCUT2D eigenvalue weighted by Crippen LogP contribution is 2.43. The smallest absolute Gasteiger partial charge is 0.164 e. The van der Waals surface area contributed by atoms with Crippen molar-refractivity contribution in [3.63, 3.8) is 0 Å². The van der Waals surface area contributed by atoms with Crippen molar-refractivity contribution >= 4 is 108 Å². The van der Waals surface area contributed by atoms with Crippen LogP contribution in [0, 0.1) is 0 Å². The summed E-state index contributed by atoms with van der Waals surface area (Å²) in [6.45, 7) is 0. The van der Waals surface area contributed by atoms with Crippen LogP contribution in [0.25, 0.3) is 159 Å². The second kappa shape index (κ2) is 17.5. The van der Waals surface area contributed by atoms with E-state index in [9.17, 15) is 0 Å². The summed E-state index contributed by atoms with van der Waals surface area (Å²) in [7, 11) is 0. The standard InChI is InChI=1S/C73H44N6S/c1-3-19-51(20-4-1)77-62-27-13-9-23-53(62)59-41-49(33-37-66(59)77)72-74-71(75-73(76-72)50-34-38-67-60(42-50)54-24-10-14-28-63(54)78(67)52-21-5-2-6-22-52)48-32-36-65(58(40-48)47-31-35-57-56-26-12-16-30-69(56)80-70(57)44-47)79-64-29-15-11-25-55(64)61-39-45-17-7-8-18-46(45)43-68(61)79/h1-44H. The summed E-state index contributed by atoms with van der Waals surface area (Å²) in [5.41, 5.74) is 15.0. The molecule has 5 heterocycles. The van der Waals surface area contributed by atoms with Gasteiger partial charge in [-0.2, -0.15) is 0 Å². The maximum atomic E-state index is 5.51. The summed E-state index contributed by atoms with van der Waals surface area (Å²) in [4.78, 5) is 16.5. The second-order valence-corrected chi connectivity index (χ2v) is 21.8. The number of benzene rings is 12. The number of aromatic nitrogens is 6. The van der Waals surface area contributed by atoms with Crippen LogP contribution in [0.1, 0.15) is 0 Å². The molecular formula is C73H44N6S. The predicted octanol–water partition coefficient (Wildman–Crippen LogP) is 19.4. The Morgan fingerprint density at radius 3 is 1.26 bits per heavy atom. The third kappa shape index (κ3) is 6.87. The van der Waals surface area contributed by atoms with Crippen molar-refractivity contribution in [2.24, 2.45) is 0 Å². The van der Waals surface area contributed by atoms with Crippen LogP contribution in [0.15, 0.2) is 267 Å². The molecule has 0 saturated carbocycles. The Morgan fingerprint density at radius 1 is 0.250 bits per heavy atom. The van der Waals surface area contributed by atoms with E-state index in [0.717, 1.165) is 99.5 Å². The Labute approximate surface area is 463 Å². The van der Waals surface area contributed by atoms with Gasteiger partial charge in [0.15, 0.2) is 17.5 Å². The molecule has 0 aliphatic heterocycles. The Balaban J connectivity index is 0.918. The van der Waals surface area contributed by atoms with E-state index in [4.69, 9.17) is 15.0 Å². The third-order valence-corrected chi connectivity index (χ3v) is 17.4. The largest absolute Gasteiger partial charge is 0.309 e. The van der Waals surface area contributed by atoms with Gasteiger partial charge in [0.2, 0.25) is 0 Å². The highest BCUT2D eigenvalue weighted by atomic mass is 32.1. The van der Waals surface area contributed by atoms with Gasteiger partial charge >= 0.3 is 0 Å². The number of thiophene rings is 1. The van der Waals surface area contributed by atoms with Gasteiger partial charge in [0.25, 0.3) is 0 Å². The zero-order chi connectivity index (χ0) is 52.4. The molecule has 17 aromatic rings. The van der Waals surface area contributed by atoms with Gasteiger partial charge < -0.3 is 13.7 Å². The summed E-state index contributed by atoms with van der Waals surface area (Å²) in [5, 5.41) is 12.0. The maximum absolute atomic E-state index is 5.51.